The number of ether oxygens (including phenoxy) is 1. The molecule has 0 aliphatic carbocycles. The van der Waals surface area contributed by atoms with Crippen LogP contribution in [-0.4, -0.2) is 58.2 Å². The smallest absolute Gasteiger partial charge is 0.339 e. The van der Waals surface area contributed by atoms with Crippen LogP contribution in [0.5, 0.6) is 0 Å². The van der Waals surface area contributed by atoms with E-state index in [2.05, 4.69) is 10.2 Å². The van der Waals surface area contributed by atoms with Crippen LogP contribution < -0.4 is 10.2 Å². The Morgan fingerprint density at radius 1 is 1.21 bits per heavy atom. The summed E-state index contributed by atoms with van der Waals surface area (Å²) in [5, 5.41) is 3.24. The van der Waals surface area contributed by atoms with Gasteiger partial charge in [-0.3, -0.25) is 0 Å². The Kier molecular flexibility index (Phi) is 4.78. The first-order valence-corrected chi connectivity index (χ1v) is 8.57. The summed E-state index contributed by atoms with van der Waals surface area (Å²) >= 11 is 0. The van der Waals surface area contributed by atoms with E-state index in [1.54, 1.807) is 12.1 Å². The molecule has 24 heavy (non-hydrogen) atoms. The molecule has 2 heterocycles. The fraction of sp³-hybridized carbons (Fsp3) is 0.611. The normalized spacial score (nSPS) is 18.8. The van der Waals surface area contributed by atoms with Crippen molar-refractivity contribution < 1.29 is 13.9 Å². The number of carbonyl (C=O) groups excluding carboxylic acids is 1. The summed E-state index contributed by atoms with van der Waals surface area (Å²) in [5.41, 5.74) is 0.808. The van der Waals surface area contributed by atoms with Gasteiger partial charge in [0.15, 0.2) is 0 Å². The van der Waals surface area contributed by atoms with Crippen LogP contribution in [0.3, 0.4) is 0 Å². The molecule has 0 saturated carbocycles. The summed E-state index contributed by atoms with van der Waals surface area (Å²) in [6, 6.07) is 3.33. The van der Waals surface area contributed by atoms with Gasteiger partial charge in [0.05, 0.1) is 5.56 Å². The summed E-state index contributed by atoms with van der Waals surface area (Å²) in [6.07, 6.45) is 2.23. The van der Waals surface area contributed by atoms with Gasteiger partial charge in [0, 0.05) is 37.7 Å². The largest absolute Gasteiger partial charge is 0.450 e. The maximum atomic E-state index is 14.9. The maximum Gasteiger partial charge on any atom is 0.339 e. The fourth-order valence-corrected chi connectivity index (χ4v) is 3.66. The van der Waals surface area contributed by atoms with Crippen molar-refractivity contribution in [3.8, 4) is 0 Å². The van der Waals surface area contributed by atoms with Gasteiger partial charge in [-0.25, -0.2) is 9.18 Å². The number of halogens is 1. The number of piperidine rings is 1. The number of carbonyl (C=O) groups is 1. The third-order valence-corrected chi connectivity index (χ3v) is 4.99. The molecule has 1 saturated heterocycles. The number of rotatable bonds is 5. The second kappa shape index (κ2) is 6.69. The average molecular weight is 335 g/mol. The summed E-state index contributed by atoms with van der Waals surface area (Å²) in [6.45, 7) is 3.24. The molecule has 3 rings (SSSR count). The molecule has 0 unspecified atom stereocenters. The van der Waals surface area contributed by atoms with E-state index in [1.165, 1.54) is 0 Å². The average Bonchev–Trinajstić information content (AvgIpc) is 2.80. The lowest BCUT2D eigenvalue weighted by atomic mass is 9.84. The van der Waals surface area contributed by atoms with Crippen LogP contribution in [0.1, 0.15) is 35.2 Å². The van der Waals surface area contributed by atoms with Crippen molar-refractivity contribution in [3.05, 3.63) is 29.1 Å². The lowest BCUT2D eigenvalue weighted by molar-refractivity contribution is -0.0255. The number of anilines is 1. The molecule has 1 spiro atoms. The number of nitrogens with one attached hydrogen (secondary N) is 1. The van der Waals surface area contributed by atoms with Gasteiger partial charge in [-0.2, -0.15) is 0 Å². The molecule has 2 aliphatic rings. The van der Waals surface area contributed by atoms with Crippen molar-refractivity contribution in [2.24, 2.45) is 0 Å². The SMILES string of the molecule is CN(C)CCCN(C)c1cc(F)c2c(c1)C(=O)OC21CCNCC1. The Morgan fingerprint density at radius 3 is 2.58 bits per heavy atom. The van der Waals surface area contributed by atoms with Crippen LogP contribution in [0, 0.1) is 5.82 Å². The third-order valence-electron chi connectivity index (χ3n) is 4.99. The lowest BCUT2D eigenvalue weighted by Gasteiger charge is -2.33. The minimum absolute atomic E-state index is 0.324. The van der Waals surface area contributed by atoms with E-state index in [-0.39, 0.29) is 5.82 Å². The van der Waals surface area contributed by atoms with Crippen molar-refractivity contribution in [1.82, 2.24) is 10.2 Å². The molecule has 0 radical (unpaired) electrons. The molecule has 2 aliphatic heterocycles. The van der Waals surface area contributed by atoms with Crippen LogP contribution >= 0.6 is 0 Å². The minimum Gasteiger partial charge on any atom is -0.450 e. The summed E-state index contributed by atoms with van der Waals surface area (Å²) in [4.78, 5) is 16.4. The number of esters is 1. The predicted molar refractivity (Wildman–Crippen MR) is 92.0 cm³/mol. The highest BCUT2D eigenvalue weighted by atomic mass is 19.1. The van der Waals surface area contributed by atoms with Gasteiger partial charge in [0.1, 0.15) is 11.4 Å². The molecule has 0 atom stereocenters. The summed E-state index contributed by atoms with van der Waals surface area (Å²) < 4.78 is 20.5. The first-order chi connectivity index (χ1) is 11.4. The molecular formula is C18H26FN3O2. The van der Waals surface area contributed by atoms with Gasteiger partial charge < -0.3 is 19.9 Å². The van der Waals surface area contributed by atoms with Gasteiger partial charge in [-0.15, -0.1) is 0 Å². The monoisotopic (exact) mass is 335 g/mol. The standard InChI is InChI=1S/C18H26FN3O2/c1-21(2)9-4-10-22(3)13-11-14-16(15(19)12-13)18(24-17(14)23)5-7-20-8-6-18/h11-12,20H,4-10H2,1-3H3. The maximum absolute atomic E-state index is 14.9. The highest BCUT2D eigenvalue weighted by Crippen LogP contribution is 2.45. The summed E-state index contributed by atoms with van der Waals surface area (Å²) in [7, 11) is 5.99. The second-order valence-electron chi connectivity index (χ2n) is 7.06. The Hall–Kier alpha value is -1.66. The number of hydrogen-bond acceptors (Lipinski definition) is 5. The Labute approximate surface area is 142 Å². The Bertz CT molecular complexity index is 627. The molecule has 0 bridgehead atoms. The molecule has 1 N–H and O–H groups in total. The molecular weight excluding hydrogens is 309 g/mol. The summed E-state index contributed by atoms with van der Waals surface area (Å²) in [5.74, 6) is -0.718. The predicted octanol–water partition coefficient (Wildman–Crippen LogP) is 1.96. The fourth-order valence-electron chi connectivity index (χ4n) is 3.66. The van der Waals surface area contributed by atoms with Crippen LogP contribution in [0.4, 0.5) is 10.1 Å². The van der Waals surface area contributed by atoms with Crippen LogP contribution in [-0.2, 0) is 10.3 Å². The van der Waals surface area contributed by atoms with Gasteiger partial charge >= 0.3 is 5.97 Å². The van der Waals surface area contributed by atoms with E-state index in [0.29, 0.717) is 24.0 Å². The highest BCUT2D eigenvalue weighted by molar-refractivity contribution is 5.96. The third kappa shape index (κ3) is 3.13. The van der Waals surface area contributed by atoms with E-state index >= 15 is 0 Å². The first kappa shape index (κ1) is 17.2. The first-order valence-electron chi connectivity index (χ1n) is 8.57. The molecule has 1 aromatic carbocycles. The highest BCUT2D eigenvalue weighted by Gasteiger charge is 2.48. The molecule has 0 amide bonds. The van der Waals surface area contributed by atoms with Crippen LogP contribution in [0.25, 0.3) is 0 Å². The van der Waals surface area contributed by atoms with Crippen molar-refractivity contribution in [2.75, 3.05) is 52.2 Å². The van der Waals surface area contributed by atoms with E-state index in [0.717, 1.165) is 38.3 Å². The lowest BCUT2D eigenvalue weighted by Crippen LogP contribution is -2.40. The molecule has 1 fully saturated rings. The number of fused-ring (bicyclic) bond motifs is 2. The van der Waals surface area contributed by atoms with Crippen molar-refractivity contribution in [3.63, 3.8) is 0 Å². The molecule has 5 nitrogen and oxygen atoms in total. The van der Waals surface area contributed by atoms with Crippen molar-refractivity contribution in [2.45, 2.75) is 24.9 Å². The number of benzene rings is 1. The molecule has 132 valence electrons. The molecule has 6 heteroatoms. The van der Waals surface area contributed by atoms with Gasteiger partial charge in [0.2, 0.25) is 0 Å². The van der Waals surface area contributed by atoms with Gasteiger partial charge in [-0.1, -0.05) is 0 Å². The minimum atomic E-state index is -0.774. The zero-order valence-corrected chi connectivity index (χ0v) is 14.7. The number of hydrogen-bond donors (Lipinski definition) is 1. The van der Waals surface area contributed by atoms with Crippen molar-refractivity contribution in [1.29, 1.82) is 0 Å². The van der Waals surface area contributed by atoms with E-state index < -0.39 is 11.6 Å². The second-order valence-corrected chi connectivity index (χ2v) is 7.06. The quantitative estimate of drug-likeness (QED) is 0.834. The Balaban J connectivity index is 1.85. The van der Waals surface area contributed by atoms with E-state index in [1.807, 2.05) is 26.0 Å². The van der Waals surface area contributed by atoms with Crippen molar-refractivity contribution >= 4 is 11.7 Å². The molecule has 0 aromatic heterocycles. The van der Waals surface area contributed by atoms with E-state index in [4.69, 9.17) is 4.74 Å². The van der Waals surface area contributed by atoms with Gasteiger partial charge in [-0.05, 0) is 52.3 Å². The Morgan fingerprint density at radius 2 is 1.92 bits per heavy atom. The number of nitrogens with zero attached hydrogens (tertiary/aromatic N) is 2. The molecule has 1 aromatic rings. The van der Waals surface area contributed by atoms with Gasteiger partial charge in [0.25, 0.3) is 0 Å². The van der Waals surface area contributed by atoms with Crippen LogP contribution in [0.15, 0.2) is 12.1 Å². The van der Waals surface area contributed by atoms with E-state index in [9.17, 15) is 9.18 Å². The zero-order valence-electron chi connectivity index (χ0n) is 14.7. The van der Waals surface area contributed by atoms with Crippen LogP contribution in [0.2, 0.25) is 0 Å². The zero-order chi connectivity index (χ0) is 17.3. The topological polar surface area (TPSA) is 44.8 Å².